The number of hydrogen-bond acceptors (Lipinski definition) is 4. The number of carbonyl (C=O) groups is 1. The second-order valence-corrected chi connectivity index (χ2v) is 6.57. The molecule has 0 aliphatic rings. The van der Waals surface area contributed by atoms with Gasteiger partial charge in [0.15, 0.2) is 0 Å². The van der Waals surface area contributed by atoms with Crippen LogP contribution in [0.3, 0.4) is 0 Å². The van der Waals surface area contributed by atoms with Crippen LogP contribution < -0.4 is 4.74 Å². The molecule has 1 rings (SSSR count). The quantitative estimate of drug-likeness (QED) is 0.858. The SMILES string of the molecule is COc1cc(C)cc(C)c1S(=O)(=O)N(C)CCC(=O)O. The van der Waals surface area contributed by atoms with Crippen LogP contribution in [0.2, 0.25) is 0 Å². The minimum atomic E-state index is -3.78. The lowest BCUT2D eigenvalue weighted by Gasteiger charge is -2.20. The maximum atomic E-state index is 12.5. The van der Waals surface area contributed by atoms with E-state index in [-0.39, 0.29) is 23.6 Å². The van der Waals surface area contributed by atoms with Gasteiger partial charge in [0, 0.05) is 13.6 Å². The van der Waals surface area contributed by atoms with Gasteiger partial charge in [-0.3, -0.25) is 4.79 Å². The zero-order valence-corrected chi connectivity index (χ0v) is 12.8. The largest absolute Gasteiger partial charge is 0.495 e. The van der Waals surface area contributed by atoms with Gasteiger partial charge >= 0.3 is 5.97 Å². The van der Waals surface area contributed by atoms with Crippen LogP contribution in [0.15, 0.2) is 17.0 Å². The first-order chi connectivity index (χ1) is 9.20. The molecule has 1 aromatic rings. The molecule has 0 bridgehead atoms. The monoisotopic (exact) mass is 301 g/mol. The van der Waals surface area contributed by atoms with Crippen LogP contribution in [-0.4, -0.2) is 44.5 Å². The van der Waals surface area contributed by atoms with Gasteiger partial charge in [0.05, 0.1) is 13.5 Å². The number of carboxylic acid groups (broad SMARTS) is 1. The number of sulfonamides is 1. The van der Waals surface area contributed by atoms with E-state index in [1.54, 1.807) is 19.1 Å². The van der Waals surface area contributed by atoms with Gasteiger partial charge in [0.25, 0.3) is 0 Å². The van der Waals surface area contributed by atoms with Crippen LogP contribution in [-0.2, 0) is 14.8 Å². The first-order valence-corrected chi connectivity index (χ1v) is 7.47. The van der Waals surface area contributed by atoms with Crippen molar-refractivity contribution in [3.05, 3.63) is 23.3 Å². The van der Waals surface area contributed by atoms with Crippen molar-refractivity contribution in [2.24, 2.45) is 0 Å². The molecule has 0 unspecified atom stereocenters. The molecule has 0 radical (unpaired) electrons. The summed E-state index contributed by atoms with van der Waals surface area (Å²) in [6.45, 7) is 3.45. The molecule has 0 aliphatic carbocycles. The second-order valence-electron chi connectivity index (χ2n) is 4.58. The zero-order chi connectivity index (χ0) is 15.5. The number of carboxylic acids is 1. The van der Waals surface area contributed by atoms with E-state index in [9.17, 15) is 13.2 Å². The van der Waals surface area contributed by atoms with E-state index in [1.807, 2.05) is 6.92 Å². The molecule has 7 heteroatoms. The number of benzene rings is 1. The van der Waals surface area contributed by atoms with Gasteiger partial charge in [-0.25, -0.2) is 12.7 Å². The molecule has 20 heavy (non-hydrogen) atoms. The summed E-state index contributed by atoms with van der Waals surface area (Å²) in [7, 11) is -1.01. The molecule has 0 aromatic heterocycles. The smallest absolute Gasteiger partial charge is 0.304 e. The first kappa shape index (κ1) is 16.5. The van der Waals surface area contributed by atoms with E-state index in [0.29, 0.717) is 5.56 Å². The van der Waals surface area contributed by atoms with Crippen LogP contribution in [0, 0.1) is 13.8 Å². The Kier molecular flexibility index (Phi) is 5.13. The number of nitrogens with zero attached hydrogens (tertiary/aromatic N) is 1. The van der Waals surface area contributed by atoms with Gasteiger partial charge in [-0.2, -0.15) is 0 Å². The minimum Gasteiger partial charge on any atom is -0.495 e. The van der Waals surface area contributed by atoms with E-state index in [2.05, 4.69) is 0 Å². The Balaban J connectivity index is 3.25. The third-order valence-electron chi connectivity index (χ3n) is 2.91. The Morgan fingerprint density at radius 2 is 1.95 bits per heavy atom. The van der Waals surface area contributed by atoms with Crippen molar-refractivity contribution in [1.29, 1.82) is 0 Å². The normalized spacial score (nSPS) is 11.7. The molecular formula is C13H19NO5S. The molecule has 1 aromatic carbocycles. The highest BCUT2D eigenvalue weighted by Gasteiger charge is 2.27. The minimum absolute atomic E-state index is 0.0819. The summed E-state index contributed by atoms with van der Waals surface area (Å²) in [4.78, 5) is 10.6. The van der Waals surface area contributed by atoms with Gasteiger partial charge in [-0.1, -0.05) is 6.07 Å². The van der Waals surface area contributed by atoms with Crippen LogP contribution >= 0.6 is 0 Å². The third kappa shape index (κ3) is 3.49. The molecule has 0 saturated heterocycles. The van der Waals surface area contributed by atoms with E-state index < -0.39 is 16.0 Å². The number of hydrogen-bond donors (Lipinski definition) is 1. The zero-order valence-electron chi connectivity index (χ0n) is 12.0. The van der Waals surface area contributed by atoms with Crippen molar-refractivity contribution < 1.29 is 23.1 Å². The predicted octanol–water partition coefficient (Wildman–Crippen LogP) is 1.41. The molecule has 0 atom stereocenters. The molecule has 0 aliphatic heterocycles. The molecule has 6 nitrogen and oxygen atoms in total. The number of ether oxygens (including phenoxy) is 1. The Labute approximate surface area is 119 Å². The highest BCUT2D eigenvalue weighted by molar-refractivity contribution is 7.89. The lowest BCUT2D eigenvalue weighted by molar-refractivity contribution is -0.137. The van der Waals surface area contributed by atoms with Crippen molar-refractivity contribution in [1.82, 2.24) is 4.31 Å². The Bertz CT molecular complexity index is 609. The standard InChI is InChI=1S/C13H19NO5S/c1-9-7-10(2)13(11(8-9)19-4)20(17,18)14(3)6-5-12(15)16/h7-8H,5-6H2,1-4H3,(H,15,16). The number of methoxy groups -OCH3 is 1. The van der Waals surface area contributed by atoms with Gasteiger partial charge in [0.1, 0.15) is 10.6 Å². The van der Waals surface area contributed by atoms with Crippen LogP contribution in [0.5, 0.6) is 5.75 Å². The average Bonchev–Trinajstić information content (AvgIpc) is 2.33. The molecule has 0 amide bonds. The highest BCUT2D eigenvalue weighted by Crippen LogP contribution is 2.30. The molecule has 0 fully saturated rings. The molecule has 112 valence electrons. The number of aliphatic carboxylic acids is 1. The van der Waals surface area contributed by atoms with Crippen LogP contribution in [0.4, 0.5) is 0 Å². The maximum Gasteiger partial charge on any atom is 0.304 e. The summed E-state index contributed by atoms with van der Waals surface area (Å²) in [6, 6.07) is 3.39. The first-order valence-electron chi connectivity index (χ1n) is 6.03. The predicted molar refractivity (Wildman–Crippen MR) is 74.5 cm³/mol. The summed E-state index contributed by atoms with van der Waals surface area (Å²) in [5.41, 5.74) is 1.47. The lowest BCUT2D eigenvalue weighted by Crippen LogP contribution is -2.30. The molecule has 1 N–H and O–H groups in total. The molecule has 0 spiro atoms. The fourth-order valence-corrected chi connectivity index (χ4v) is 3.43. The highest BCUT2D eigenvalue weighted by atomic mass is 32.2. The topological polar surface area (TPSA) is 83.9 Å². The Morgan fingerprint density at radius 3 is 2.45 bits per heavy atom. The van der Waals surface area contributed by atoms with E-state index in [4.69, 9.17) is 9.84 Å². The second kappa shape index (κ2) is 6.23. The van der Waals surface area contributed by atoms with Crippen molar-refractivity contribution in [2.45, 2.75) is 25.2 Å². The van der Waals surface area contributed by atoms with Crippen molar-refractivity contribution in [2.75, 3.05) is 20.7 Å². The van der Waals surface area contributed by atoms with E-state index >= 15 is 0 Å². The summed E-state index contributed by atoms with van der Waals surface area (Å²) < 4.78 is 31.2. The fraction of sp³-hybridized carbons (Fsp3) is 0.462. The Morgan fingerprint density at radius 1 is 1.35 bits per heavy atom. The maximum absolute atomic E-state index is 12.5. The van der Waals surface area contributed by atoms with E-state index in [1.165, 1.54) is 14.2 Å². The van der Waals surface area contributed by atoms with Gasteiger partial charge in [0.2, 0.25) is 10.0 Å². The summed E-state index contributed by atoms with van der Waals surface area (Å²) in [5.74, 6) is -0.774. The van der Waals surface area contributed by atoms with Gasteiger partial charge in [-0.15, -0.1) is 0 Å². The van der Waals surface area contributed by atoms with Gasteiger partial charge < -0.3 is 9.84 Å². The number of rotatable bonds is 6. The lowest BCUT2D eigenvalue weighted by atomic mass is 10.1. The van der Waals surface area contributed by atoms with Crippen molar-refractivity contribution >= 4 is 16.0 Å². The summed E-state index contributed by atoms with van der Waals surface area (Å²) in [6.07, 6.45) is -0.247. The average molecular weight is 301 g/mol. The van der Waals surface area contributed by atoms with Crippen molar-refractivity contribution in [3.63, 3.8) is 0 Å². The summed E-state index contributed by atoms with van der Waals surface area (Å²) >= 11 is 0. The molecule has 0 heterocycles. The number of aryl methyl sites for hydroxylation is 2. The molecule has 0 saturated carbocycles. The summed E-state index contributed by atoms with van der Waals surface area (Å²) in [5, 5.41) is 8.64. The Hall–Kier alpha value is -1.60. The van der Waals surface area contributed by atoms with Gasteiger partial charge in [-0.05, 0) is 31.0 Å². The van der Waals surface area contributed by atoms with Crippen LogP contribution in [0.1, 0.15) is 17.5 Å². The third-order valence-corrected chi connectivity index (χ3v) is 4.96. The van der Waals surface area contributed by atoms with E-state index in [0.717, 1.165) is 9.87 Å². The fourth-order valence-electron chi connectivity index (χ4n) is 1.93. The van der Waals surface area contributed by atoms with Crippen LogP contribution in [0.25, 0.3) is 0 Å². The molecular weight excluding hydrogens is 282 g/mol. The van der Waals surface area contributed by atoms with Crippen molar-refractivity contribution in [3.8, 4) is 5.75 Å².